The van der Waals surface area contributed by atoms with Crippen molar-refractivity contribution in [3.63, 3.8) is 0 Å². The van der Waals surface area contributed by atoms with Gasteiger partial charge in [-0.3, -0.25) is 4.79 Å². The third-order valence-corrected chi connectivity index (χ3v) is 5.79. The zero-order chi connectivity index (χ0) is 25.1. The van der Waals surface area contributed by atoms with Gasteiger partial charge in [0.05, 0.1) is 6.20 Å². The molecule has 11 nitrogen and oxygen atoms in total. The minimum atomic E-state index is -0.976. The number of benzene rings is 2. The van der Waals surface area contributed by atoms with E-state index in [2.05, 4.69) is 36.8 Å². The molecule has 36 heavy (non-hydrogen) atoms. The van der Waals surface area contributed by atoms with Crippen LogP contribution >= 0.6 is 0 Å². The first-order valence-corrected chi connectivity index (χ1v) is 11.2. The van der Waals surface area contributed by atoms with E-state index >= 15 is 0 Å². The highest BCUT2D eigenvalue weighted by molar-refractivity contribution is 5.80. The number of nitrogens with zero attached hydrogens (tertiary/aromatic N) is 8. The maximum atomic E-state index is 11.8. The van der Waals surface area contributed by atoms with Gasteiger partial charge in [0.2, 0.25) is 5.82 Å². The SMILES string of the molecule is CCc1cc(N(CC(=O)O)Cc2ccc(-c3ccccc3-c3nn[nH]n3)cc2)n2ncc(C#N)c2n1. The van der Waals surface area contributed by atoms with Crippen molar-refractivity contribution >= 4 is 17.4 Å². The maximum absolute atomic E-state index is 11.8. The molecule has 5 aromatic rings. The second-order valence-corrected chi connectivity index (χ2v) is 8.09. The molecule has 2 aromatic carbocycles. The number of nitrogens with one attached hydrogen (secondary N) is 1. The summed E-state index contributed by atoms with van der Waals surface area (Å²) in [4.78, 5) is 18.0. The number of aryl methyl sites for hydroxylation is 1. The average Bonchev–Trinajstić information content (AvgIpc) is 3.58. The number of anilines is 1. The van der Waals surface area contributed by atoms with E-state index in [4.69, 9.17) is 0 Å². The molecule has 178 valence electrons. The van der Waals surface area contributed by atoms with Crippen molar-refractivity contribution in [2.45, 2.75) is 19.9 Å². The first kappa shape index (κ1) is 22.7. The molecule has 0 aliphatic carbocycles. The Kier molecular flexibility index (Phi) is 6.07. The molecule has 0 aliphatic rings. The molecule has 0 saturated heterocycles. The summed E-state index contributed by atoms with van der Waals surface area (Å²) in [7, 11) is 0. The highest BCUT2D eigenvalue weighted by Crippen LogP contribution is 2.30. The summed E-state index contributed by atoms with van der Waals surface area (Å²) >= 11 is 0. The zero-order valence-corrected chi connectivity index (χ0v) is 19.3. The van der Waals surface area contributed by atoms with Gasteiger partial charge in [0.1, 0.15) is 24.0 Å². The van der Waals surface area contributed by atoms with Crippen LogP contribution in [0.15, 0.2) is 60.8 Å². The molecule has 0 aliphatic heterocycles. The van der Waals surface area contributed by atoms with Crippen LogP contribution in [0.25, 0.3) is 28.2 Å². The van der Waals surface area contributed by atoms with Gasteiger partial charge in [-0.25, -0.2) is 4.98 Å². The number of H-pyrrole nitrogens is 1. The fraction of sp³-hybridized carbons (Fsp3) is 0.160. The maximum Gasteiger partial charge on any atom is 0.323 e. The molecule has 0 spiro atoms. The Hall–Kier alpha value is -5.11. The van der Waals surface area contributed by atoms with Gasteiger partial charge in [-0.15, -0.1) is 10.2 Å². The van der Waals surface area contributed by atoms with Gasteiger partial charge in [0, 0.05) is 23.9 Å². The van der Waals surface area contributed by atoms with Crippen LogP contribution in [0, 0.1) is 11.3 Å². The largest absolute Gasteiger partial charge is 0.480 e. The molecule has 2 N–H and O–H groups in total. The highest BCUT2D eigenvalue weighted by Gasteiger charge is 2.19. The molecule has 0 bridgehead atoms. The van der Waals surface area contributed by atoms with Crippen molar-refractivity contribution in [3.05, 3.63) is 77.6 Å². The number of aliphatic carboxylic acids is 1. The zero-order valence-electron chi connectivity index (χ0n) is 19.3. The summed E-state index contributed by atoms with van der Waals surface area (Å²) in [6, 6.07) is 19.6. The lowest BCUT2D eigenvalue weighted by atomic mass is 9.98. The van der Waals surface area contributed by atoms with E-state index in [-0.39, 0.29) is 6.54 Å². The number of aromatic amines is 1. The fourth-order valence-electron chi connectivity index (χ4n) is 4.08. The minimum absolute atomic E-state index is 0.244. The standard InChI is InChI=1S/C25H21N9O2/c1-2-19-11-22(34-25(28-19)18(12-26)13-27-34)33(15-23(35)36)14-16-7-9-17(10-8-16)20-5-3-4-6-21(20)24-29-31-32-30-24/h3-11,13H,2,14-15H2,1H3,(H,35,36)(H,29,30,31,32). The molecule has 0 unspecified atom stereocenters. The molecule has 0 saturated carbocycles. The van der Waals surface area contributed by atoms with Crippen LogP contribution in [0.4, 0.5) is 5.82 Å². The molecule has 0 radical (unpaired) electrons. The number of nitriles is 1. The Labute approximate surface area is 205 Å². The van der Waals surface area contributed by atoms with Crippen molar-refractivity contribution in [2.24, 2.45) is 0 Å². The predicted molar refractivity (Wildman–Crippen MR) is 131 cm³/mol. The second kappa shape index (κ2) is 9.63. The molecular formula is C25H21N9O2. The third kappa shape index (κ3) is 4.35. The summed E-state index contributed by atoms with van der Waals surface area (Å²) in [5, 5.41) is 37.7. The lowest BCUT2D eigenvalue weighted by Crippen LogP contribution is -2.31. The van der Waals surface area contributed by atoms with Crippen molar-refractivity contribution in [2.75, 3.05) is 11.4 Å². The Bertz CT molecular complexity index is 1570. The molecule has 0 fully saturated rings. The summed E-state index contributed by atoms with van der Waals surface area (Å²) in [6.45, 7) is 2.03. The molecule has 11 heteroatoms. The number of carboxylic acid groups (broad SMARTS) is 1. The van der Waals surface area contributed by atoms with Gasteiger partial charge in [-0.05, 0) is 28.3 Å². The van der Waals surface area contributed by atoms with Crippen LogP contribution in [-0.4, -0.2) is 52.8 Å². The predicted octanol–water partition coefficient (Wildman–Crippen LogP) is 3.10. The average molecular weight is 480 g/mol. The second-order valence-electron chi connectivity index (χ2n) is 8.09. The quantitative estimate of drug-likeness (QED) is 0.342. The van der Waals surface area contributed by atoms with E-state index in [1.807, 2.05) is 61.5 Å². The number of hydrogen-bond donors (Lipinski definition) is 2. The van der Waals surface area contributed by atoms with Gasteiger partial charge in [0.15, 0.2) is 5.65 Å². The van der Waals surface area contributed by atoms with E-state index in [9.17, 15) is 15.2 Å². The lowest BCUT2D eigenvalue weighted by molar-refractivity contribution is -0.135. The molecule has 0 atom stereocenters. The Morgan fingerprint density at radius 1 is 1.17 bits per heavy atom. The van der Waals surface area contributed by atoms with Crippen LogP contribution in [0.3, 0.4) is 0 Å². The summed E-state index contributed by atoms with van der Waals surface area (Å²) in [5.74, 6) is 0.0929. The molecule has 3 aromatic heterocycles. The van der Waals surface area contributed by atoms with Crippen molar-refractivity contribution < 1.29 is 9.90 Å². The number of aromatic nitrogens is 7. The van der Waals surface area contributed by atoms with E-state index in [1.54, 1.807) is 4.90 Å². The first-order valence-electron chi connectivity index (χ1n) is 11.2. The summed E-state index contributed by atoms with van der Waals surface area (Å²) in [5.41, 5.74) is 5.18. The van der Waals surface area contributed by atoms with Crippen molar-refractivity contribution in [1.29, 1.82) is 5.26 Å². The number of carboxylic acids is 1. The molecule has 0 amide bonds. The minimum Gasteiger partial charge on any atom is -0.480 e. The number of hydrogen-bond acceptors (Lipinski definition) is 8. The van der Waals surface area contributed by atoms with E-state index in [1.165, 1.54) is 10.7 Å². The number of tetrazole rings is 1. The fourth-order valence-corrected chi connectivity index (χ4v) is 4.08. The molecule has 3 heterocycles. The Balaban J connectivity index is 1.50. The summed E-state index contributed by atoms with van der Waals surface area (Å²) in [6.07, 6.45) is 2.08. The van der Waals surface area contributed by atoms with E-state index in [0.717, 1.165) is 27.9 Å². The number of rotatable bonds is 8. The Morgan fingerprint density at radius 2 is 1.94 bits per heavy atom. The van der Waals surface area contributed by atoms with Crippen LogP contribution in [0.2, 0.25) is 0 Å². The lowest BCUT2D eigenvalue weighted by Gasteiger charge is -2.24. The van der Waals surface area contributed by atoms with Crippen LogP contribution in [-0.2, 0) is 17.8 Å². The van der Waals surface area contributed by atoms with Gasteiger partial charge in [-0.2, -0.15) is 20.1 Å². The number of carbonyl (C=O) groups is 1. The van der Waals surface area contributed by atoms with E-state index in [0.29, 0.717) is 35.8 Å². The van der Waals surface area contributed by atoms with Gasteiger partial charge < -0.3 is 10.0 Å². The summed E-state index contributed by atoms with van der Waals surface area (Å²) < 4.78 is 1.52. The monoisotopic (exact) mass is 479 g/mol. The smallest absolute Gasteiger partial charge is 0.323 e. The van der Waals surface area contributed by atoms with Crippen LogP contribution in [0.5, 0.6) is 0 Å². The normalized spacial score (nSPS) is 10.9. The first-order chi connectivity index (χ1) is 17.6. The van der Waals surface area contributed by atoms with Crippen LogP contribution < -0.4 is 4.90 Å². The molecular weight excluding hydrogens is 458 g/mol. The van der Waals surface area contributed by atoms with Gasteiger partial charge in [0.25, 0.3) is 0 Å². The highest BCUT2D eigenvalue weighted by atomic mass is 16.4. The third-order valence-electron chi connectivity index (χ3n) is 5.79. The van der Waals surface area contributed by atoms with Crippen molar-refractivity contribution in [1.82, 2.24) is 35.2 Å². The molecule has 5 rings (SSSR count). The van der Waals surface area contributed by atoms with Gasteiger partial charge in [-0.1, -0.05) is 55.5 Å². The van der Waals surface area contributed by atoms with Crippen LogP contribution in [0.1, 0.15) is 23.7 Å². The van der Waals surface area contributed by atoms with Crippen molar-refractivity contribution in [3.8, 4) is 28.6 Å². The topological polar surface area (TPSA) is 149 Å². The Morgan fingerprint density at radius 3 is 2.61 bits per heavy atom. The van der Waals surface area contributed by atoms with Gasteiger partial charge >= 0.3 is 5.97 Å². The van der Waals surface area contributed by atoms with E-state index < -0.39 is 5.97 Å². The number of fused-ring (bicyclic) bond motifs is 1.